The smallest absolute Gasteiger partial charge is 0.251 e. The number of amides is 1. The van der Waals surface area contributed by atoms with Gasteiger partial charge in [-0.25, -0.2) is 0 Å². The van der Waals surface area contributed by atoms with Crippen molar-refractivity contribution in [3.8, 4) is 5.75 Å². The Kier molecular flexibility index (Phi) is 3.85. The Morgan fingerprint density at radius 1 is 1.16 bits per heavy atom. The third-order valence-corrected chi connectivity index (χ3v) is 2.99. The number of carbonyl (C=O) groups excluding carboxylic acids is 1. The fourth-order valence-corrected chi connectivity index (χ4v) is 1.90. The predicted molar refractivity (Wildman–Crippen MR) is 75.2 cm³/mol. The maximum Gasteiger partial charge on any atom is 0.251 e. The number of rotatable bonds is 3. The lowest BCUT2D eigenvalue weighted by molar-refractivity contribution is 0.0951. The van der Waals surface area contributed by atoms with Crippen molar-refractivity contribution in [1.82, 2.24) is 5.32 Å². The van der Waals surface area contributed by atoms with E-state index in [-0.39, 0.29) is 11.7 Å². The summed E-state index contributed by atoms with van der Waals surface area (Å²) in [6.45, 7) is 4.29. The van der Waals surface area contributed by atoms with E-state index in [1.807, 2.05) is 31.2 Å². The Morgan fingerprint density at radius 2 is 1.95 bits per heavy atom. The van der Waals surface area contributed by atoms with Gasteiger partial charge in [0.25, 0.3) is 5.91 Å². The fraction of sp³-hybridized carbons (Fsp3) is 0.188. The van der Waals surface area contributed by atoms with E-state index >= 15 is 0 Å². The van der Waals surface area contributed by atoms with Gasteiger partial charge in [0.2, 0.25) is 0 Å². The number of phenols is 1. The minimum atomic E-state index is -0.135. The van der Waals surface area contributed by atoms with Gasteiger partial charge in [-0.1, -0.05) is 29.8 Å². The topological polar surface area (TPSA) is 49.3 Å². The normalized spacial score (nSPS) is 10.2. The van der Waals surface area contributed by atoms with Crippen LogP contribution in [-0.2, 0) is 6.54 Å². The van der Waals surface area contributed by atoms with Crippen LogP contribution in [0.1, 0.15) is 27.0 Å². The minimum absolute atomic E-state index is 0.135. The van der Waals surface area contributed by atoms with Crippen LogP contribution >= 0.6 is 0 Å². The van der Waals surface area contributed by atoms with Crippen LogP contribution in [0.2, 0.25) is 0 Å². The van der Waals surface area contributed by atoms with Gasteiger partial charge in [-0.3, -0.25) is 4.79 Å². The van der Waals surface area contributed by atoms with E-state index in [1.165, 1.54) is 11.6 Å². The van der Waals surface area contributed by atoms with Gasteiger partial charge in [0.05, 0.1) is 0 Å². The third-order valence-electron chi connectivity index (χ3n) is 2.99. The van der Waals surface area contributed by atoms with E-state index in [4.69, 9.17) is 0 Å². The summed E-state index contributed by atoms with van der Waals surface area (Å²) in [6, 6.07) is 12.9. The lowest BCUT2D eigenvalue weighted by Gasteiger charge is -2.07. The second-order valence-electron chi connectivity index (χ2n) is 4.67. The van der Waals surface area contributed by atoms with Crippen LogP contribution in [0.4, 0.5) is 0 Å². The number of aryl methyl sites for hydroxylation is 2. The maximum atomic E-state index is 12.0. The number of nitrogens with one attached hydrogen (secondary N) is 1. The Bertz CT molecular complexity index is 605. The van der Waals surface area contributed by atoms with Gasteiger partial charge in [-0.05, 0) is 43.2 Å². The van der Waals surface area contributed by atoms with Crippen molar-refractivity contribution in [3.63, 3.8) is 0 Å². The number of carbonyl (C=O) groups is 1. The van der Waals surface area contributed by atoms with E-state index in [1.54, 1.807) is 19.1 Å². The quantitative estimate of drug-likeness (QED) is 0.886. The molecule has 0 unspecified atom stereocenters. The van der Waals surface area contributed by atoms with Gasteiger partial charge in [0.1, 0.15) is 5.75 Å². The van der Waals surface area contributed by atoms with E-state index in [0.29, 0.717) is 17.7 Å². The molecule has 2 rings (SSSR count). The van der Waals surface area contributed by atoms with Crippen molar-refractivity contribution in [2.24, 2.45) is 0 Å². The zero-order valence-electron chi connectivity index (χ0n) is 11.1. The molecule has 0 saturated carbocycles. The molecule has 2 N–H and O–H groups in total. The Hall–Kier alpha value is -2.29. The van der Waals surface area contributed by atoms with E-state index in [9.17, 15) is 9.90 Å². The summed E-state index contributed by atoms with van der Waals surface area (Å²) in [4.78, 5) is 12.0. The molecule has 0 aliphatic carbocycles. The summed E-state index contributed by atoms with van der Waals surface area (Å²) in [7, 11) is 0. The van der Waals surface area contributed by atoms with Crippen molar-refractivity contribution in [3.05, 3.63) is 64.7 Å². The van der Waals surface area contributed by atoms with Crippen LogP contribution < -0.4 is 5.32 Å². The van der Waals surface area contributed by atoms with Gasteiger partial charge < -0.3 is 10.4 Å². The highest BCUT2D eigenvalue weighted by Crippen LogP contribution is 2.16. The van der Waals surface area contributed by atoms with Gasteiger partial charge in [-0.15, -0.1) is 0 Å². The molecule has 0 fully saturated rings. The number of benzene rings is 2. The van der Waals surface area contributed by atoms with Crippen LogP contribution in [0.15, 0.2) is 42.5 Å². The summed E-state index contributed by atoms with van der Waals surface area (Å²) in [5, 5.41) is 12.3. The van der Waals surface area contributed by atoms with E-state index in [2.05, 4.69) is 5.32 Å². The first-order chi connectivity index (χ1) is 9.06. The number of hydrogen-bond donors (Lipinski definition) is 2. The first-order valence-electron chi connectivity index (χ1n) is 6.19. The molecule has 0 heterocycles. The van der Waals surface area contributed by atoms with Crippen molar-refractivity contribution in [2.45, 2.75) is 20.4 Å². The molecule has 3 heteroatoms. The molecule has 0 atom stereocenters. The summed E-state index contributed by atoms with van der Waals surface area (Å²) in [6.07, 6.45) is 0. The zero-order chi connectivity index (χ0) is 13.8. The van der Waals surface area contributed by atoms with Crippen LogP contribution in [0.25, 0.3) is 0 Å². The molecule has 0 radical (unpaired) electrons. The number of phenolic OH excluding ortho intramolecular Hbond substituents is 1. The fourth-order valence-electron chi connectivity index (χ4n) is 1.90. The van der Waals surface area contributed by atoms with Crippen molar-refractivity contribution in [1.29, 1.82) is 0 Å². The average molecular weight is 255 g/mol. The van der Waals surface area contributed by atoms with Crippen LogP contribution in [-0.4, -0.2) is 11.0 Å². The van der Waals surface area contributed by atoms with Crippen molar-refractivity contribution < 1.29 is 9.90 Å². The van der Waals surface area contributed by atoms with Gasteiger partial charge in [-0.2, -0.15) is 0 Å². The molecule has 2 aromatic rings. The molecular formula is C16H17NO2. The Labute approximate surface area is 112 Å². The molecule has 1 amide bonds. The van der Waals surface area contributed by atoms with Crippen molar-refractivity contribution >= 4 is 5.91 Å². The maximum absolute atomic E-state index is 12.0. The zero-order valence-corrected chi connectivity index (χ0v) is 11.1. The van der Waals surface area contributed by atoms with Gasteiger partial charge >= 0.3 is 0 Å². The number of aromatic hydroxyl groups is 1. The molecule has 3 nitrogen and oxygen atoms in total. The molecule has 98 valence electrons. The molecule has 0 bridgehead atoms. The monoisotopic (exact) mass is 255 g/mol. The molecule has 0 aliphatic heterocycles. The molecule has 0 saturated heterocycles. The third kappa shape index (κ3) is 3.35. The summed E-state index contributed by atoms with van der Waals surface area (Å²) >= 11 is 0. The first-order valence-corrected chi connectivity index (χ1v) is 6.19. The highest BCUT2D eigenvalue weighted by molar-refractivity contribution is 5.94. The number of hydrogen-bond acceptors (Lipinski definition) is 2. The predicted octanol–water partition coefficient (Wildman–Crippen LogP) is 2.94. The average Bonchev–Trinajstić information content (AvgIpc) is 2.39. The molecule has 0 aromatic heterocycles. The first kappa shape index (κ1) is 13.1. The largest absolute Gasteiger partial charge is 0.508 e. The Balaban J connectivity index is 2.03. The second kappa shape index (κ2) is 5.57. The van der Waals surface area contributed by atoms with E-state index in [0.717, 1.165) is 5.56 Å². The summed E-state index contributed by atoms with van der Waals surface area (Å²) in [5.41, 5.74) is 3.50. The van der Waals surface area contributed by atoms with E-state index < -0.39 is 0 Å². The minimum Gasteiger partial charge on any atom is -0.508 e. The van der Waals surface area contributed by atoms with Gasteiger partial charge in [0, 0.05) is 12.1 Å². The SMILES string of the molecule is Cc1cccc(CNC(=O)c2ccc(O)c(C)c2)c1. The molecular weight excluding hydrogens is 238 g/mol. The summed E-state index contributed by atoms with van der Waals surface area (Å²) < 4.78 is 0. The van der Waals surface area contributed by atoms with Gasteiger partial charge in [0.15, 0.2) is 0 Å². The molecule has 2 aromatic carbocycles. The molecule has 0 spiro atoms. The highest BCUT2D eigenvalue weighted by Gasteiger charge is 2.07. The molecule has 0 aliphatic rings. The summed E-state index contributed by atoms with van der Waals surface area (Å²) in [5.74, 6) is 0.0693. The second-order valence-corrected chi connectivity index (χ2v) is 4.67. The van der Waals surface area contributed by atoms with Crippen molar-refractivity contribution in [2.75, 3.05) is 0 Å². The Morgan fingerprint density at radius 3 is 2.63 bits per heavy atom. The highest BCUT2D eigenvalue weighted by atomic mass is 16.3. The van der Waals surface area contributed by atoms with Crippen LogP contribution in [0, 0.1) is 13.8 Å². The lowest BCUT2D eigenvalue weighted by atomic mass is 10.1. The lowest BCUT2D eigenvalue weighted by Crippen LogP contribution is -2.22. The molecule has 19 heavy (non-hydrogen) atoms. The van der Waals surface area contributed by atoms with Crippen LogP contribution in [0.5, 0.6) is 5.75 Å². The van der Waals surface area contributed by atoms with Crippen LogP contribution in [0.3, 0.4) is 0 Å². The standard InChI is InChI=1S/C16H17NO2/c1-11-4-3-5-13(8-11)10-17-16(19)14-6-7-15(18)12(2)9-14/h3-9,18H,10H2,1-2H3,(H,17,19).